The number of para-hydroxylation sites is 4. The third-order valence-corrected chi connectivity index (χ3v) is 15.3. The molecule has 2 aromatic heterocycles. The van der Waals surface area contributed by atoms with E-state index in [-0.39, 0.29) is 5.41 Å². The molecule has 0 saturated carbocycles. The number of benzene rings is 11. The van der Waals surface area contributed by atoms with Gasteiger partial charge in [-0.3, -0.25) is 0 Å². The molecule has 1 aliphatic carbocycles. The molecule has 13 aromatic rings. The van der Waals surface area contributed by atoms with Crippen LogP contribution in [-0.4, -0.2) is 9.13 Å². The van der Waals surface area contributed by atoms with Crippen molar-refractivity contribution in [3.05, 3.63) is 272 Å². The van der Waals surface area contributed by atoms with Crippen molar-refractivity contribution < 1.29 is 0 Å². The van der Waals surface area contributed by atoms with E-state index in [0.717, 1.165) is 22.7 Å². The van der Waals surface area contributed by atoms with Gasteiger partial charge in [0, 0.05) is 49.7 Å². The van der Waals surface area contributed by atoms with Gasteiger partial charge in [0.15, 0.2) is 0 Å². The molecular formula is C69H49N3. The zero-order valence-electron chi connectivity index (χ0n) is 40.2. The van der Waals surface area contributed by atoms with Gasteiger partial charge in [-0.15, -0.1) is 0 Å². The summed E-state index contributed by atoms with van der Waals surface area (Å²) in [6, 6.07) is 95.7. The second kappa shape index (κ2) is 16.5. The van der Waals surface area contributed by atoms with Crippen LogP contribution in [0.3, 0.4) is 0 Å². The highest BCUT2D eigenvalue weighted by Crippen LogP contribution is 2.54. The predicted octanol–water partition coefficient (Wildman–Crippen LogP) is 18.7. The highest BCUT2D eigenvalue weighted by atomic mass is 15.1. The smallest absolute Gasteiger partial charge is 0.0541 e. The molecule has 0 amide bonds. The van der Waals surface area contributed by atoms with E-state index in [1.807, 2.05) is 0 Å². The molecule has 0 aliphatic heterocycles. The molecule has 0 fully saturated rings. The Morgan fingerprint density at radius 3 is 1.11 bits per heavy atom. The monoisotopic (exact) mass is 919 g/mol. The molecule has 0 bridgehead atoms. The fraction of sp³-hybridized carbons (Fsp3) is 0.0435. The minimum Gasteiger partial charge on any atom is -0.311 e. The second-order valence-corrected chi connectivity index (χ2v) is 19.7. The molecule has 72 heavy (non-hydrogen) atoms. The Morgan fingerprint density at radius 1 is 0.306 bits per heavy atom. The lowest BCUT2D eigenvalue weighted by Gasteiger charge is -2.27. The van der Waals surface area contributed by atoms with Crippen LogP contribution in [0.1, 0.15) is 25.0 Å². The molecule has 0 unspecified atom stereocenters. The summed E-state index contributed by atoms with van der Waals surface area (Å²) in [5, 5.41) is 5.03. The molecule has 0 atom stereocenters. The lowest BCUT2D eigenvalue weighted by Crippen LogP contribution is -2.18. The molecule has 3 heteroatoms. The van der Waals surface area contributed by atoms with Crippen molar-refractivity contribution in [1.29, 1.82) is 0 Å². The molecule has 0 N–H and O–H groups in total. The third kappa shape index (κ3) is 6.58. The summed E-state index contributed by atoms with van der Waals surface area (Å²) in [5.74, 6) is 0. The van der Waals surface area contributed by atoms with Crippen LogP contribution in [0.2, 0.25) is 0 Å². The standard InChI is InChI=1S/C69H49N3/c1-69(2)62-43-51(50-33-40-54(41-34-50)70(52-36-29-48(30-37-52)46-17-5-3-6-18-46)53-38-31-49(32-39-53)47-19-7-4-8-20-47)35-42-56(62)61-44-55(71-63-25-13-9-21-57(63)58-22-10-14-26-64(58)71)45-67(68(61)69)72-65-27-15-11-23-59(65)60-24-12-16-28-66(60)72/h3-45H,1-2H3. The van der Waals surface area contributed by atoms with Crippen molar-refractivity contribution in [2.24, 2.45) is 0 Å². The quantitative estimate of drug-likeness (QED) is 0.148. The summed E-state index contributed by atoms with van der Waals surface area (Å²) >= 11 is 0. The first-order valence-electron chi connectivity index (χ1n) is 25.0. The van der Waals surface area contributed by atoms with Crippen LogP contribution in [-0.2, 0) is 5.41 Å². The fourth-order valence-corrected chi connectivity index (χ4v) is 11.9. The Morgan fingerprint density at radius 2 is 0.667 bits per heavy atom. The second-order valence-electron chi connectivity index (χ2n) is 19.7. The molecule has 0 spiro atoms. The van der Waals surface area contributed by atoms with Gasteiger partial charge in [0.05, 0.1) is 27.8 Å². The Labute approximate surface area is 419 Å². The summed E-state index contributed by atoms with van der Waals surface area (Å²) in [5.41, 5.74) is 22.6. The van der Waals surface area contributed by atoms with E-state index in [1.54, 1.807) is 0 Å². The van der Waals surface area contributed by atoms with Gasteiger partial charge in [0.1, 0.15) is 0 Å². The lowest BCUT2D eigenvalue weighted by atomic mass is 9.80. The Balaban J connectivity index is 0.901. The van der Waals surface area contributed by atoms with E-state index in [4.69, 9.17) is 0 Å². The topological polar surface area (TPSA) is 13.1 Å². The van der Waals surface area contributed by atoms with Crippen molar-refractivity contribution in [3.63, 3.8) is 0 Å². The molecule has 14 rings (SSSR count). The van der Waals surface area contributed by atoms with Gasteiger partial charge in [-0.2, -0.15) is 0 Å². The number of aromatic nitrogens is 2. The highest BCUT2D eigenvalue weighted by Gasteiger charge is 2.39. The number of hydrogen-bond donors (Lipinski definition) is 0. The van der Waals surface area contributed by atoms with Gasteiger partial charge >= 0.3 is 0 Å². The normalized spacial score (nSPS) is 12.7. The molecule has 340 valence electrons. The predicted molar refractivity (Wildman–Crippen MR) is 304 cm³/mol. The van der Waals surface area contributed by atoms with Crippen molar-refractivity contribution >= 4 is 60.7 Å². The maximum atomic E-state index is 2.53. The first-order valence-corrected chi connectivity index (χ1v) is 25.0. The van der Waals surface area contributed by atoms with E-state index in [2.05, 4.69) is 289 Å². The van der Waals surface area contributed by atoms with Gasteiger partial charge in [0.25, 0.3) is 0 Å². The van der Waals surface area contributed by atoms with Crippen LogP contribution in [0.25, 0.3) is 99.5 Å². The fourth-order valence-electron chi connectivity index (χ4n) is 11.9. The van der Waals surface area contributed by atoms with Crippen molar-refractivity contribution in [1.82, 2.24) is 9.13 Å². The van der Waals surface area contributed by atoms with Gasteiger partial charge in [-0.1, -0.05) is 196 Å². The van der Waals surface area contributed by atoms with Crippen LogP contribution in [0, 0.1) is 0 Å². The lowest BCUT2D eigenvalue weighted by molar-refractivity contribution is 0.656. The third-order valence-electron chi connectivity index (χ3n) is 15.3. The van der Waals surface area contributed by atoms with E-state index >= 15 is 0 Å². The number of rotatable bonds is 8. The molecular weight excluding hydrogens is 871 g/mol. The zero-order chi connectivity index (χ0) is 47.9. The molecule has 0 radical (unpaired) electrons. The highest BCUT2D eigenvalue weighted by molar-refractivity contribution is 6.11. The Kier molecular flexibility index (Phi) is 9.56. The van der Waals surface area contributed by atoms with Gasteiger partial charge in [-0.05, 0) is 134 Å². The Hall–Kier alpha value is -9.18. The minimum absolute atomic E-state index is 0.323. The van der Waals surface area contributed by atoms with Crippen molar-refractivity contribution in [2.45, 2.75) is 19.3 Å². The van der Waals surface area contributed by atoms with Crippen LogP contribution in [0.5, 0.6) is 0 Å². The largest absolute Gasteiger partial charge is 0.311 e. The first kappa shape index (κ1) is 41.8. The number of hydrogen-bond acceptors (Lipinski definition) is 1. The first-order chi connectivity index (χ1) is 35.5. The van der Waals surface area contributed by atoms with E-state index in [9.17, 15) is 0 Å². The van der Waals surface area contributed by atoms with Crippen LogP contribution >= 0.6 is 0 Å². The summed E-state index contributed by atoms with van der Waals surface area (Å²) in [6.45, 7) is 4.85. The zero-order valence-corrected chi connectivity index (χ0v) is 40.2. The summed E-state index contributed by atoms with van der Waals surface area (Å²) in [4.78, 5) is 2.36. The maximum absolute atomic E-state index is 2.53. The van der Waals surface area contributed by atoms with Crippen LogP contribution in [0.4, 0.5) is 17.1 Å². The average molecular weight is 920 g/mol. The number of anilines is 3. The number of fused-ring (bicyclic) bond motifs is 9. The molecule has 1 aliphatic rings. The van der Waals surface area contributed by atoms with Crippen LogP contribution in [0.15, 0.2) is 261 Å². The minimum atomic E-state index is -0.323. The Bertz CT molecular complexity index is 4010. The van der Waals surface area contributed by atoms with E-state index < -0.39 is 0 Å². The molecule has 11 aromatic carbocycles. The van der Waals surface area contributed by atoms with Crippen molar-refractivity contribution in [2.75, 3.05) is 4.90 Å². The molecule has 0 saturated heterocycles. The molecule has 2 heterocycles. The van der Waals surface area contributed by atoms with E-state index in [1.165, 1.54) is 105 Å². The number of nitrogens with zero attached hydrogens (tertiary/aromatic N) is 3. The van der Waals surface area contributed by atoms with E-state index in [0.29, 0.717) is 0 Å². The van der Waals surface area contributed by atoms with Gasteiger partial charge < -0.3 is 14.0 Å². The van der Waals surface area contributed by atoms with Gasteiger partial charge in [-0.25, -0.2) is 0 Å². The SMILES string of the molecule is CC1(C)c2cc(-c3ccc(N(c4ccc(-c5ccccc5)cc4)c4ccc(-c5ccccc5)cc4)cc3)ccc2-c2cc(-n3c4ccccc4c4ccccc43)cc(-n3c4ccccc4c4ccccc43)c21. The molecule has 3 nitrogen and oxygen atoms in total. The van der Waals surface area contributed by atoms with Crippen molar-refractivity contribution in [3.8, 4) is 55.9 Å². The summed E-state index contributed by atoms with van der Waals surface area (Å²) < 4.78 is 5.01. The van der Waals surface area contributed by atoms with Gasteiger partial charge in [0.2, 0.25) is 0 Å². The summed E-state index contributed by atoms with van der Waals surface area (Å²) in [7, 11) is 0. The maximum Gasteiger partial charge on any atom is 0.0541 e. The summed E-state index contributed by atoms with van der Waals surface area (Å²) in [6.07, 6.45) is 0. The average Bonchev–Trinajstić information content (AvgIpc) is 4.04. The van der Waals surface area contributed by atoms with Crippen LogP contribution < -0.4 is 4.90 Å².